The second-order valence-corrected chi connectivity index (χ2v) is 8.95. The quantitative estimate of drug-likeness (QED) is 0.238. The first-order valence-electron chi connectivity index (χ1n) is 11.3. The normalized spacial score (nSPS) is 17.3. The standard InChI is InChI=1S/C28H25ClFNO4/c1-4-35-23-13-12-17(14-21(23)16(2)3)26(32)24-25(20-10-5-6-11-22(20)30)31(28(34)27(24)33)19-9-7-8-18(29)15-19/h5-16,25,32H,4H2,1-3H3/b26-24+. The summed E-state index contributed by atoms with van der Waals surface area (Å²) in [7, 11) is 0. The van der Waals surface area contributed by atoms with E-state index in [-0.39, 0.29) is 22.8 Å². The number of hydrogen-bond donors (Lipinski definition) is 1. The maximum Gasteiger partial charge on any atom is 0.300 e. The first kappa shape index (κ1) is 24.5. The first-order valence-corrected chi connectivity index (χ1v) is 11.7. The first-order chi connectivity index (χ1) is 16.7. The van der Waals surface area contributed by atoms with E-state index in [9.17, 15) is 14.7 Å². The molecule has 1 amide bonds. The van der Waals surface area contributed by atoms with Gasteiger partial charge in [0.25, 0.3) is 11.7 Å². The zero-order chi connectivity index (χ0) is 25.3. The second-order valence-electron chi connectivity index (χ2n) is 8.51. The smallest absolute Gasteiger partial charge is 0.300 e. The van der Waals surface area contributed by atoms with E-state index in [2.05, 4.69) is 0 Å². The molecule has 1 N–H and O–H groups in total. The number of hydrogen-bond acceptors (Lipinski definition) is 4. The molecule has 3 aromatic carbocycles. The number of ketones is 1. The second kappa shape index (κ2) is 9.92. The summed E-state index contributed by atoms with van der Waals surface area (Å²) in [5.41, 5.74) is 1.38. The van der Waals surface area contributed by atoms with Crippen molar-refractivity contribution in [2.75, 3.05) is 11.5 Å². The molecular weight excluding hydrogens is 469 g/mol. The Balaban J connectivity index is 1.96. The van der Waals surface area contributed by atoms with Gasteiger partial charge in [0.05, 0.1) is 18.2 Å². The maximum atomic E-state index is 15.0. The molecule has 0 aromatic heterocycles. The summed E-state index contributed by atoms with van der Waals surface area (Å²) < 4.78 is 20.7. The van der Waals surface area contributed by atoms with Crippen LogP contribution in [0.2, 0.25) is 5.02 Å². The fraction of sp³-hybridized carbons (Fsp3) is 0.214. The lowest BCUT2D eigenvalue weighted by atomic mass is 9.93. The van der Waals surface area contributed by atoms with Crippen LogP contribution in [0.4, 0.5) is 10.1 Å². The number of nitrogens with zero attached hydrogens (tertiary/aromatic N) is 1. The molecule has 1 heterocycles. The highest BCUT2D eigenvalue weighted by molar-refractivity contribution is 6.51. The van der Waals surface area contributed by atoms with Crippen molar-refractivity contribution in [3.05, 3.63) is 99.8 Å². The van der Waals surface area contributed by atoms with Gasteiger partial charge in [-0.1, -0.05) is 49.7 Å². The molecule has 0 bridgehead atoms. The number of Topliss-reactive ketones (excluding diaryl/α,β-unsaturated/α-hetero) is 1. The number of aliphatic hydroxyl groups is 1. The zero-order valence-electron chi connectivity index (χ0n) is 19.6. The van der Waals surface area contributed by atoms with E-state index in [0.29, 0.717) is 28.6 Å². The number of ether oxygens (including phenoxy) is 1. The molecule has 1 fully saturated rings. The van der Waals surface area contributed by atoms with Crippen LogP contribution in [-0.2, 0) is 9.59 Å². The molecule has 4 rings (SSSR count). The number of amides is 1. The minimum Gasteiger partial charge on any atom is -0.507 e. The predicted molar refractivity (Wildman–Crippen MR) is 134 cm³/mol. The Hall–Kier alpha value is -3.64. The van der Waals surface area contributed by atoms with Crippen LogP contribution in [0.5, 0.6) is 5.75 Å². The largest absolute Gasteiger partial charge is 0.507 e. The number of rotatable bonds is 6. The topological polar surface area (TPSA) is 66.8 Å². The molecule has 1 saturated heterocycles. The molecule has 0 spiro atoms. The molecular formula is C28H25ClFNO4. The van der Waals surface area contributed by atoms with E-state index in [1.807, 2.05) is 20.8 Å². The van der Waals surface area contributed by atoms with Crippen molar-refractivity contribution in [1.82, 2.24) is 0 Å². The molecule has 1 aliphatic rings. The lowest BCUT2D eigenvalue weighted by Gasteiger charge is -2.26. The van der Waals surface area contributed by atoms with Gasteiger partial charge in [-0.3, -0.25) is 14.5 Å². The molecule has 7 heteroatoms. The van der Waals surface area contributed by atoms with Gasteiger partial charge in [-0.2, -0.15) is 0 Å². The van der Waals surface area contributed by atoms with Crippen molar-refractivity contribution in [3.63, 3.8) is 0 Å². The van der Waals surface area contributed by atoms with Crippen LogP contribution in [0.25, 0.3) is 5.76 Å². The fourth-order valence-corrected chi connectivity index (χ4v) is 4.49. The molecule has 0 radical (unpaired) electrons. The predicted octanol–water partition coefficient (Wildman–Crippen LogP) is 6.63. The summed E-state index contributed by atoms with van der Waals surface area (Å²) in [6, 6.07) is 16.2. The number of benzene rings is 3. The summed E-state index contributed by atoms with van der Waals surface area (Å²) in [6.07, 6.45) is 0. The minimum atomic E-state index is -1.18. The Kier molecular flexibility index (Phi) is 6.94. The number of carbonyl (C=O) groups is 2. The third-order valence-electron chi connectivity index (χ3n) is 5.94. The summed E-state index contributed by atoms with van der Waals surface area (Å²) in [4.78, 5) is 27.7. The zero-order valence-corrected chi connectivity index (χ0v) is 20.3. The molecule has 1 unspecified atom stereocenters. The monoisotopic (exact) mass is 493 g/mol. The van der Waals surface area contributed by atoms with Crippen molar-refractivity contribution in [2.45, 2.75) is 32.7 Å². The molecule has 1 aliphatic heterocycles. The van der Waals surface area contributed by atoms with Gasteiger partial charge in [0.1, 0.15) is 17.3 Å². The van der Waals surface area contributed by atoms with Gasteiger partial charge in [0.15, 0.2) is 0 Å². The summed E-state index contributed by atoms with van der Waals surface area (Å²) in [6.45, 7) is 6.32. The van der Waals surface area contributed by atoms with Crippen LogP contribution in [0.3, 0.4) is 0 Å². The van der Waals surface area contributed by atoms with Crippen LogP contribution in [0, 0.1) is 5.82 Å². The van der Waals surface area contributed by atoms with Gasteiger partial charge in [-0.25, -0.2) is 4.39 Å². The molecule has 0 saturated carbocycles. The Morgan fingerprint density at radius 3 is 2.49 bits per heavy atom. The van der Waals surface area contributed by atoms with E-state index in [0.717, 1.165) is 5.56 Å². The van der Waals surface area contributed by atoms with Crippen molar-refractivity contribution < 1.29 is 23.8 Å². The van der Waals surface area contributed by atoms with Crippen LogP contribution < -0.4 is 9.64 Å². The molecule has 5 nitrogen and oxygen atoms in total. The lowest BCUT2D eigenvalue weighted by molar-refractivity contribution is -0.132. The number of aliphatic hydroxyl groups excluding tert-OH is 1. The highest BCUT2D eigenvalue weighted by Gasteiger charge is 2.47. The molecule has 0 aliphatic carbocycles. The van der Waals surface area contributed by atoms with Crippen molar-refractivity contribution in [3.8, 4) is 5.75 Å². The minimum absolute atomic E-state index is 0.0699. The number of halogens is 2. The van der Waals surface area contributed by atoms with Crippen molar-refractivity contribution in [1.29, 1.82) is 0 Å². The number of carbonyl (C=O) groups excluding carboxylic acids is 2. The van der Waals surface area contributed by atoms with Gasteiger partial charge in [-0.05, 0) is 60.9 Å². The van der Waals surface area contributed by atoms with E-state index >= 15 is 4.39 Å². The Morgan fingerprint density at radius 2 is 1.83 bits per heavy atom. The molecule has 180 valence electrons. The lowest BCUT2D eigenvalue weighted by Crippen LogP contribution is -2.29. The third-order valence-corrected chi connectivity index (χ3v) is 6.17. The average Bonchev–Trinajstić information content (AvgIpc) is 3.09. The summed E-state index contributed by atoms with van der Waals surface area (Å²) in [5, 5.41) is 11.7. The molecule has 3 aromatic rings. The SMILES string of the molecule is CCOc1ccc(/C(O)=C2\C(=O)C(=O)N(c3cccc(Cl)c3)C2c2ccccc2F)cc1C(C)C. The molecule has 35 heavy (non-hydrogen) atoms. The van der Waals surface area contributed by atoms with Crippen LogP contribution in [-0.4, -0.2) is 23.4 Å². The van der Waals surface area contributed by atoms with Gasteiger partial charge < -0.3 is 9.84 Å². The van der Waals surface area contributed by atoms with Crippen LogP contribution in [0.15, 0.2) is 72.3 Å². The van der Waals surface area contributed by atoms with E-state index < -0.39 is 23.5 Å². The van der Waals surface area contributed by atoms with E-state index in [1.54, 1.807) is 42.5 Å². The summed E-state index contributed by atoms with van der Waals surface area (Å²) >= 11 is 6.14. The van der Waals surface area contributed by atoms with Crippen molar-refractivity contribution in [2.24, 2.45) is 0 Å². The van der Waals surface area contributed by atoms with Gasteiger partial charge >= 0.3 is 0 Å². The molecule has 1 atom stereocenters. The van der Waals surface area contributed by atoms with E-state index in [4.69, 9.17) is 16.3 Å². The van der Waals surface area contributed by atoms with Gasteiger partial charge in [0.2, 0.25) is 0 Å². The summed E-state index contributed by atoms with van der Waals surface area (Å²) in [5.74, 6) is -2.03. The Bertz CT molecular complexity index is 1330. The third kappa shape index (κ3) is 4.54. The highest BCUT2D eigenvalue weighted by Crippen LogP contribution is 2.43. The number of anilines is 1. The Morgan fingerprint density at radius 1 is 1.09 bits per heavy atom. The average molecular weight is 494 g/mol. The van der Waals surface area contributed by atoms with Crippen LogP contribution >= 0.6 is 11.6 Å². The van der Waals surface area contributed by atoms with E-state index in [1.165, 1.54) is 29.2 Å². The van der Waals surface area contributed by atoms with Gasteiger partial charge in [0, 0.05) is 21.8 Å². The van der Waals surface area contributed by atoms with Crippen molar-refractivity contribution >= 4 is 34.7 Å². The van der Waals surface area contributed by atoms with Crippen LogP contribution in [0.1, 0.15) is 49.4 Å². The maximum absolute atomic E-state index is 15.0. The Labute approximate surface area is 208 Å². The van der Waals surface area contributed by atoms with Gasteiger partial charge in [-0.15, -0.1) is 0 Å². The fourth-order valence-electron chi connectivity index (χ4n) is 4.31. The highest BCUT2D eigenvalue weighted by atomic mass is 35.5.